The van der Waals surface area contributed by atoms with Crippen molar-refractivity contribution in [2.45, 2.75) is 6.92 Å². The molecule has 0 amide bonds. The van der Waals surface area contributed by atoms with Crippen LogP contribution >= 0.6 is 0 Å². The first-order valence-corrected chi connectivity index (χ1v) is 9.06. The maximum Gasteiger partial charge on any atom is 0.185 e. The Hall–Kier alpha value is -3.94. The van der Waals surface area contributed by atoms with Gasteiger partial charge in [0.15, 0.2) is 17.1 Å². The molecule has 0 unspecified atom stereocenters. The van der Waals surface area contributed by atoms with Gasteiger partial charge in [0.1, 0.15) is 17.8 Å². The molecule has 0 bridgehead atoms. The van der Waals surface area contributed by atoms with Crippen molar-refractivity contribution in [3.8, 4) is 28.6 Å². The molecule has 3 heterocycles. The third kappa shape index (κ3) is 2.77. The molecule has 0 saturated heterocycles. The van der Waals surface area contributed by atoms with E-state index >= 15 is 0 Å². The van der Waals surface area contributed by atoms with Crippen molar-refractivity contribution in [3.63, 3.8) is 0 Å². The average molecular weight is 386 g/mol. The number of aryl methyl sites for hydroxylation is 1. The lowest BCUT2D eigenvalue weighted by molar-refractivity contribution is 0.395. The summed E-state index contributed by atoms with van der Waals surface area (Å²) in [4.78, 5) is 9.30. The third-order valence-corrected chi connectivity index (χ3v) is 4.80. The van der Waals surface area contributed by atoms with Gasteiger partial charge in [-0.2, -0.15) is 5.10 Å². The van der Waals surface area contributed by atoms with Gasteiger partial charge in [-0.05, 0) is 36.8 Å². The van der Waals surface area contributed by atoms with Crippen LogP contribution < -0.4 is 9.47 Å². The lowest BCUT2D eigenvalue weighted by Crippen LogP contribution is -1.99. The highest BCUT2D eigenvalue weighted by molar-refractivity contribution is 5.90. The summed E-state index contributed by atoms with van der Waals surface area (Å²) in [6.45, 7) is 2.05. The van der Waals surface area contributed by atoms with Gasteiger partial charge in [-0.15, -0.1) is 5.10 Å². The fourth-order valence-electron chi connectivity index (χ4n) is 3.37. The van der Waals surface area contributed by atoms with E-state index < -0.39 is 0 Å². The van der Waals surface area contributed by atoms with Crippen LogP contribution in [0.5, 0.6) is 11.5 Å². The molecule has 0 aliphatic heterocycles. The predicted octanol–water partition coefficient (Wildman–Crippen LogP) is 3.46. The Morgan fingerprint density at radius 2 is 1.86 bits per heavy atom. The van der Waals surface area contributed by atoms with Crippen LogP contribution in [0.25, 0.3) is 33.8 Å². The Bertz CT molecular complexity index is 1350. The van der Waals surface area contributed by atoms with E-state index in [1.807, 2.05) is 48.0 Å². The molecule has 0 spiro atoms. The molecule has 0 saturated carbocycles. The van der Waals surface area contributed by atoms with Gasteiger partial charge in [0, 0.05) is 6.07 Å². The van der Waals surface area contributed by atoms with Gasteiger partial charge >= 0.3 is 0 Å². The number of methoxy groups -OCH3 is 2. The van der Waals surface area contributed by atoms with Gasteiger partial charge < -0.3 is 9.47 Å². The first-order valence-electron chi connectivity index (χ1n) is 9.06. The fourth-order valence-corrected chi connectivity index (χ4v) is 3.37. The first kappa shape index (κ1) is 17.2. The minimum absolute atomic E-state index is 0.544. The zero-order valence-corrected chi connectivity index (χ0v) is 16.2. The van der Waals surface area contributed by atoms with E-state index in [4.69, 9.17) is 14.5 Å². The minimum Gasteiger partial charge on any atom is -0.497 e. The Morgan fingerprint density at radius 1 is 0.966 bits per heavy atom. The van der Waals surface area contributed by atoms with Crippen molar-refractivity contribution in [1.82, 2.24) is 29.4 Å². The molecule has 0 aliphatic carbocycles. The molecule has 0 fully saturated rings. The highest BCUT2D eigenvalue weighted by atomic mass is 16.5. The smallest absolute Gasteiger partial charge is 0.185 e. The highest BCUT2D eigenvalue weighted by Crippen LogP contribution is 2.32. The van der Waals surface area contributed by atoms with Crippen molar-refractivity contribution in [2.24, 2.45) is 0 Å². The summed E-state index contributed by atoms with van der Waals surface area (Å²) >= 11 is 0. The normalized spacial score (nSPS) is 11.3. The SMILES string of the molecule is COc1ccc(-c2nc3c4cnn(-c5cccc(C)c5)c4ncn3n2)c(OC)c1. The molecule has 8 heteroatoms. The molecule has 0 N–H and O–H groups in total. The monoisotopic (exact) mass is 386 g/mol. The zero-order valence-electron chi connectivity index (χ0n) is 16.2. The first-order chi connectivity index (χ1) is 14.2. The molecule has 144 valence electrons. The molecule has 0 atom stereocenters. The van der Waals surface area contributed by atoms with Crippen molar-refractivity contribution >= 4 is 16.7 Å². The van der Waals surface area contributed by atoms with Crippen LogP contribution in [0.15, 0.2) is 55.0 Å². The maximum atomic E-state index is 5.50. The van der Waals surface area contributed by atoms with Gasteiger partial charge in [-0.25, -0.2) is 19.2 Å². The second-order valence-electron chi connectivity index (χ2n) is 6.65. The van der Waals surface area contributed by atoms with Crippen LogP contribution in [0.4, 0.5) is 0 Å². The summed E-state index contributed by atoms with van der Waals surface area (Å²) in [6, 6.07) is 13.7. The molecule has 29 heavy (non-hydrogen) atoms. The molecular formula is C21H18N6O2. The van der Waals surface area contributed by atoms with Crippen LogP contribution in [-0.4, -0.2) is 43.6 Å². The Kier molecular flexibility index (Phi) is 3.90. The lowest BCUT2D eigenvalue weighted by Gasteiger charge is -2.07. The summed E-state index contributed by atoms with van der Waals surface area (Å²) in [7, 11) is 3.23. The number of aromatic nitrogens is 6. The summed E-state index contributed by atoms with van der Waals surface area (Å²) in [5, 5.41) is 9.93. The quantitative estimate of drug-likeness (QED) is 0.471. The van der Waals surface area contributed by atoms with Crippen LogP contribution in [0, 0.1) is 6.92 Å². The Balaban J connectivity index is 1.68. The number of ether oxygens (including phenoxy) is 2. The zero-order chi connectivity index (χ0) is 20.0. The standard InChI is InChI=1S/C21H18N6O2/c1-13-5-4-6-14(9-13)27-20-17(11-23-27)21-24-19(25-26(21)12-22-20)16-8-7-15(28-2)10-18(16)29-3/h4-12H,1-3H3. The van der Waals surface area contributed by atoms with Crippen LogP contribution in [0.3, 0.4) is 0 Å². The van der Waals surface area contributed by atoms with Gasteiger partial charge in [-0.1, -0.05) is 12.1 Å². The van der Waals surface area contributed by atoms with E-state index in [0.29, 0.717) is 23.0 Å². The number of rotatable bonds is 4. The average Bonchev–Trinajstić information content (AvgIpc) is 3.37. The van der Waals surface area contributed by atoms with Crippen molar-refractivity contribution in [2.75, 3.05) is 14.2 Å². The minimum atomic E-state index is 0.544. The molecule has 3 aromatic heterocycles. The predicted molar refractivity (Wildman–Crippen MR) is 109 cm³/mol. The van der Waals surface area contributed by atoms with E-state index in [2.05, 4.69) is 21.2 Å². The molecule has 8 nitrogen and oxygen atoms in total. The van der Waals surface area contributed by atoms with Crippen molar-refractivity contribution < 1.29 is 9.47 Å². The van der Waals surface area contributed by atoms with E-state index in [1.54, 1.807) is 31.3 Å². The van der Waals surface area contributed by atoms with Crippen LogP contribution in [-0.2, 0) is 0 Å². The lowest BCUT2D eigenvalue weighted by atomic mass is 10.2. The molecule has 0 radical (unpaired) electrons. The second kappa shape index (κ2) is 6.59. The molecule has 2 aromatic carbocycles. The highest BCUT2D eigenvalue weighted by Gasteiger charge is 2.17. The Morgan fingerprint density at radius 3 is 2.66 bits per heavy atom. The third-order valence-electron chi connectivity index (χ3n) is 4.80. The molecule has 5 rings (SSSR count). The number of hydrogen-bond donors (Lipinski definition) is 0. The maximum absolute atomic E-state index is 5.50. The summed E-state index contributed by atoms with van der Waals surface area (Å²) in [5.74, 6) is 1.89. The van der Waals surface area contributed by atoms with Crippen molar-refractivity contribution in [1.29, 1.82) is 0 Å². The topological polar surface area (TPSA) is 79.4 Å². The number of fused-ring (bicyclic) bond motifs is 3. The second-order valence-corrected chi connectivity index (χ2v) is 6.65. The van der Waals surface area contributed by atoms with Crippen LogP contribution in [0.2, 0.25) is 0 Å². The molecule has 5 aromatic rings. The van der Waals surface area contributed by atoms with E-state index in [-0.39, 0.29) is 0 Å². The van der Waals surface area contributed by atoms with Crippen LogP contribution in [0.1, 0.15) is 5.56 Å². The summed E-state index contributed by atoms with van der Waals surface area (Å²) in [6.07, 6.45) is 3.42. The number of benzene rings is 2. The van der Waals surface area contributed by atoms with Gasteiger partial charge in [0.2, 0.25) is 0 Å². The molecule has 0 aliphatic rings. The fraction of sp³-hybridized carbons (Fsp3) is 0.143. The molecular weight excluding hydrogens is 368 g/mol. The van der Waals surface area contributed by atoms with Gasteiger partial charge in [0.05, 0.1) is 37.1 Å². The van der Waals surface area contributed by atoms with Gasteiger partial charge in [0.25, 0.3) is 0 Å². The summed E-state index contributed by atoms with van der Waals surface area (Å²) in [5.41, 5.74) is 4.29. The number of nitrogens with zero attached hydrogens (tertiary/aromatic N) is 6. The summed E-state index contributed by atoms with van der Waals surface area (Å²) < 4.78 is 14.2. The van der Waals surface area contributed by atoms with E-state index in [0.717, 1.165) is 27.8 Å². The van der Waals surface area contributed by atoms with Crippen molar-refractivity contribution in [3.05, 3.63) is 60.6 Å². The Labute approximate surface area is 166 Å². The number of hydrogen-bond acceptors (Lipinski definition) is 6. The van der Waals surface area contributed by atoms with E-state index in [9.17, 15) is 0 Å². The van der Waals surface area contributed by atoms with Gasteiger partial charge in [-0.3, -0.25) is 0 Å². The van der Waals surface area contributed by atoms with E-state index in [1.165, 1.54) is 0 Å². The largest absolute Gasteiger partial charge is 0.497 e.